The Balaban J connectivity index is 1.87. The Labute approximate surface area is 197 Å². The number of thioether (sulfide) groups is 1. The number of hydrogen-bond acceptors (Lipinski definition) is 6. The number of fused-ring (bicyclic) bond motifs is 1. The van der Waals surface area contributed by atoms with E-state index in [4.69, 9.17) is 0 Å². The third-order valence-electron chi connectivity index (χ3n) is 5.59. The van der Waals surface area contributed by atoms with E-state index in [2.05, 4.69) is 34.3 Å². The maximum atomic E-state index is 12.9. The Bertz CT molecular complexity index is 1280. The van der Waals surface area contributed by atoms with E-state index < -0.39 is 16.7 Å². The minimum atomic E-state index is -0.466. The zero-order chi connectivity index (χ0) is 24.3. The van der Waals surface area contributed by atoms with Crippen molar-refractivity contribution in [2.45, 2.75) is 50.5 Å². The number of amides is 1. The fraction of sp³-hybridized carbons (Fsp3) is 0.458. The Morgan fingerprint density at radius 1 is 1.09 bits per heavy atom. The monoisotopic (exact) mass is 469 g/mol. The summed E-state index contributed by atoms with van der Waals surface area (Å²) >= 11 is 1.19. The predicted molar refractivity (Wildman–Crippen MR) is 132 cm³/mol. The number of rotatable bonds is 7. The summed E-state index contributed by atoms with van der Waals surface area (Å²) in [5, 5.41) is 3.66. The van der Waals surface area contributed by atoms with Crippen LogP contribution in [0, 0.1) is 0 Å². The number of aromatic nitrogens is 4. The molecular formula is C24H31N5O3S. The molecule has 176 valence electrons. The van der Waals surface area contributed by atoms with E-state index in [9.17, 15) is 14.4 Å². The molecule has 3 rings (SSSR count). The second-order valence-electron chi connectivity index (χ2n) is 9.12. The van der Waals surface area contributed by atoms with Gasteiger partial charge in [0.25, 0.3) is 5.56 Å². The molecule has 0 spiro atoms. The lowest BCUT2D eigenvalue weighted by atomic mass is 9.96. The molecule has 0 unspecified atom stereocenters. The number of carbonyl (C=O) groups is 1. The van der Waals surface area contributed by atoms with Crippen LogP contribution in [-0.4, -0.2) is 37.3 Å². The van der Waals surface area contributed by atoms with Crippen LogP contribution in [0.1, 0.15) is 51.4 Å². The molecule has 3 aromatic rings. The molecule has 0 aliphatic carbocycles. The summed E-state index contributed by atoms with van der Waals surface area (Å²) in [5.74, 6) is 0.707. The van der Waals surface area contributed by atoms with Crippen LogP contribution >= 0.6 is 11.8 Å². The molecule has 0 saturated carbocycles. The van der Waals surface area contributed by atoms with Crippen LogP contribution in [0.4, 0.5) is 0 Å². The minimum Gasteiger partial charge on any atom is -0.355 e. The van der Waals surface area contributed by atoms with E-state index in [1.807, 2.05) is 39.0 Å². The molecule has 9 heteroatoms. The number of carbonyl (C=O) groups excluding carboxylic acids is 1. The first-order valence-corrected chi connectivity index (χ1v) is 12.0. The number of benzene rings is 1. The quantitative estimate of drug-likeness (QED) is 0.422. The number of hydrogen-bond donors (Lipinski definition) is 1. The van der Waals surface area contributed by atoms with Crippen LogP contribution in [0.2, 0.25) is 0 Å². The Kier molecular flexibility index (Phi) is 7.41. The average molecular weight is 470 g/mol. The van der Waals surface area contributed by atoms with Crippen LogP contribution in [0.3, 0.4) is 0 Å². The van der Waals surface area contributed by atoms with Gasteiger partial charge in [-0.3, -0.25) is 18.7 Å². The van der Waals surface area contributed by atoms with E-state index in [0.29, 0.717) is 17.4 Å². The van der Waals surface area contributed by atoms with Crippen molar-refractivity contribution < 1.29 is 4.79 Å². The highest BCUT2D eigenvalue weighted by atomic mass is 32.2. The zero-order valence-corrected chi connectivity index (χ0v) is 20.8. The molecule has 1 aromatic carbocycles. The lowest BCUT2D eigenvalue weighted by Gasteiger charge is -2.19. The zero-order valence-electron chi connectivity index (χ0n) is 20.0. The van der Waals surface area contributed by atoms with Crippen molar-refractivity contribution in [3.63, 3.8) is 0 Å². The maximum Gasteiger partial charge on any atom is 0.332 e. The first-order valence-electron chi connectivity index (χ1n) is 11.0. The van der Waals surface area contributed by atoms with Crippen molar-refractivity contribution in [3.8, 4) is 0 Å². The van der Waals surface area contributed by atoms with Crippen molar-refractivity contribution >= 4 is 28.7 Å². The molecule has 0 bridgehead atoms. The molecule has 0 fully saturated rings. The molecule has 1 N–H and O–H groups in total. The SMILES string of the molecule is CC[C@H](CNC(=O)CSc1nc(C(C)(C)C)nc2c1c(=O)n(C)c(=O)n2C)c1ccccc1. The molecule has 0 aliphatic heterocycles. The predicted octanol–water partition coefficient (Wildman–Crippen LogP) is 2.73. The summed E-state index contributed by atoms with van der Waals surface area (Å²) in [4.78, 5) is 47.1. The van der Waals surface area contributed by atoms with Crippen molar-refractivity contribution in [1.82, 2.24) is 24.4 Å². The average Bonchev–Trinajstić information content (AvgIpc) is 2.79. The lowest BCUT2D eigenvalue weighted by Crippen LogP contribution is -2.38. The third kappa shape index (κ3) is 5.35. The highest BCUT2D eigenvalue weighted by Gasteiger charge is 2.24. The summed E-state index contributed by atoms with van der Waals surface area (Å²) in [6, 6.07) is 10.1. The van der Waals surface area contributed by atoms with E-state index in [0.717, 1.165) is 11.0 Å². The normalized spacial score (nSPS) is 12.7. The largest absolute Gasteiger partial charge is 0.355 e. The van der Waals surface area contributed by atoms with Gasteiger partial charge < -0.3 is 5.32 Å². The van der Waals surface area contributed by atoms with Gasteiger partial charge in [0.05, 0.1) is 5.75 Å². The molecule has 2 aromatic heterocycles. The van der Waals surface area contributed by atoms with Crippen molar-refractivity contribution in [1.29, 1.82) is 0 Å². The van der Waals surface area contributed by atoms with Gasteiger partial charge in [0.2, 0.25) is 5.91 Å². The van der Waals surface area contributed by atoms with Crippen LogP contribution in [0.5, 0.6) is 0 Å². The highest BCUT2D eigenvalue weighted by molar-refractivity contribution is 8.00. The molecule has 0 saturated heterocycles. The van der Waals surface area contributed by atoms with Crippen LogP contribution < -0.4 is 16.6 Å². The Morgan fingerprint density at radius 2 is 1.76 bits per heavy atom. The number of nitrogens with zero attached hydrogens (tertiary/aromatic N) is 4. The second-order valence-corrected chi connectivity index (χ2v) is 10.1. The van der Waals surface area contributed by atoms with Crippen LogP contribution in [0.25, 0.3) is 11.0 Å². The molecule has 0 aliphatic rings. The summed E-state index contributed by atoms with van der Waals surface area (Å²) < 4.78 is 2.39. The van der Waals surface area contributed by atoms with Gasteiger partial charge in [-0.05, 0) is 12.0 Å². The van der Waals surface area contributed by atoms with Gasteiger partial charge in [-0.15, -0.1) is 0 Å². The van der Waals surface area contributed by atoms with E-state index in [1.165, 1.54) is 28.9 Å². The molecule has 2 heterocycles. The first-order chi connectivity index (χ1) is 15.5. The lowest BCUT2D eigenvalue weighted by molar-refractivity contribution is -0.118. The summed E-state index contributed by atoms with van der Waals surface area (Å²) in [6.07, 6.45) is 0.910. The Morgan fingerprint density at radius 3 is 2.36 bits per heavy atom. The number of aryl methyl sites for hydroxylation is 1. The highest BCUT2D eigenvalue weighted by Crippen LogP contribution is 2.27. The van der Waals surface area contributed by atoms with E-state index >= 15 is 0 Å². The fourth-order valence-electron chi connectivity index (χ4n) is 3.51. The van der Waals surface area contributed by atoms with Crippen LogP contribution in [0.15, 0.2) is 44.9 Å². The molecule has 0 radical (unpaired) electrons. The third-order valence-corrected chi connectivity index (χ3v) is 6.56. The maximum absolute atomic E-state index is 12.9. The van der Waals surface area contributed by atoms with Gasteiger partial charge in [-0.1, -0.05) is 69.8 Å². The number of nitrogens with one attached hydrogen (secondary N) is 1. The fourth-order valence-corrected chi connectivity index (χ4v) is 4.36. The molecule has 33 heavy (non-hydrogen) atoms. The van der Waals surface area contributed by atoms with Gasteiger partial charge in [0, 0.05) is 32.0 Å². The van der Waals surface area contributed by atoms with Gasteiger partial charge >= 0.3 is 5.69 Å². The van der Waals surface area contributed by atoms with Gasteiger partial charge in [-0.25, -0.2) is 14.8 Å². The molecule has 1 atom stereocenters. The summed E-state index contributed by atoms with van der Waals surface area (Å²) in [7, 11) is 3.01. The second kappa shape index (κ2) is 9.91. The summed E-state index contributed by atoms with van der Waals surface area (Å²) in [5.41, 5.74) is 0.153. The standard InChI is InChI=1S/C24H31N5O3S/c1-7-15(16-11-9-8-10-12-16)13-25-17(30)14-33-20-18-19(26-22(27-20)24(2,3)4)28(5)23(32)29(6)21(18)31/h8-12,15H,7,13-14H2,1-6H3,(H,25,30)/t15-/m1/s1. The minimum absolute atomic E-state index is 0.104. The van der Waals surface area contributed by atoms with Crippen LogP contribution in [-0.2, 0) is 24.3 Å². The van der Waals surface area contributed by atoms with E-state index in [1.54, 1.807) is 7.05 Å². The topological polar surface area (TPSA) is 98.9 Å². The van der Waals surface area contributed by atoms with E-state index in [-0.39, 0.29) is 28.6 Å². The van der Waals surface area contributed by atoms with Gasteiger partial charge in [-0.2, -0.15) is 0 Å². The van der Waals surface area contributed by atoms with Gasteiger partial charge in [0.1, 0.15) is 16.2 Å². The molecule has 1 amide bonds. The van der Waals surface area contributed by atoms with Crippen molar-refractivity contribution in [2.75, 3.05) is 12.3 Å². The molecular weight excluding hydrogens is 438 g/mol. The van der Waals surface area contributed by atoms with Crippen molar-refractivity contribution in [2.24, 2.45) is 14.1 Å². The van der Waals surface area contributed by atoms with Gasteiger partial charge in [0.15, 0.2) is 5.65 Å². The smallest absolute Gasteiger partial charge is 0.332 e. The van der Waals surface area contributed by atoms with Crippen molar-refractivity contribution in [3.05, 3.63) is 62.6 Å². The first kappa shape index (κ1) is 24.7. The molecule has 8 nitrogen and oxygen atoms in total. The Hall–Kier alpha value is -2.94. The summed E-state index contributed by atoms with van der Waals surface area (Å²) in [6.45, 7) is 8.52.